The number of aromatic nitrogens is 4. The van der Waals surface area contributed by atoms with Crippen molar-refractivity contribution in [3.63, 3.8) is 0 Å². The van der Waals surface area contributed by atoms with Crippen molar-refractivity contribution in [2.75, 3.05) is 0 Å². The molecule has 170 valence electrons. The lowest BCUT2D eigenvalue weighted by Crippen LogP contribution is -2.30. The van der Waals surface area contributed by atoms with Crippen LogP contribution in [0.25, 0.3) is 17.1 Å². The predicted molar refractivity (Wildman–Crippen MR) is 129 cm³/mol. The van der Waals surface area contributed by atoms with Crippen molar-refractivity contribution in [1.82, 2.24) is 25.1 Å². The third kappa shape index (κ3) is 5.01. The van der Waals surface area contributed by atoms with Gasteiger partial charge in [0.15, 0.2) is 11.0 Å². The maximum atomic E-state index is 12.8. The molecule has 8 heteroatoms. The summed E-state index contributed by atoms with van der Waals surface area (Å²) in [5, 5.41) is 12.2. The number of amides is 1. The quantitative estimate of drug-likeness (QED) is 0.359. The summed E-state index contributed by atoms with van der Waals surface area (Å²) in [6, 6.07) is 13.9. The Labute approximate surface area is 197 Å². The van der Waals surface area contributed by atoms with Gasteiger partial charge in [-0.1, -0.05) is 43.8 Å². The molecule has 1 atom stereocenters. The molecule has 0 saturated heterocycles. The van der Waals surface area contributed by atoms with Crippen LogP contribution in [-0.2, 0) is 24.2 Å². The fourth-order valence-electron chi connectivity index (χ4n) is 3.67. The second-order valence-electron chi connectivity index (χ2n) is 7.57. The Bertz CT molecular complexity index is 1180. The molecule has 0 fully saturated rings. The minimum atomic E-state index is -0.372. The van der Waals surface area contributed by atoms with Crippen molar-refractivity contribution < 1.29 is 9.21 Å². The Morgan fingerprint density at radius 1 is 1.09 bits per heavy atom. The average Bonchev–Trinajstić information content (AvgIpc) is 3.52. The number of para-hydroxylation sites is 1. The molecule has 0 bridgehead atoms. The number of rotatable bonds is 9. The molecular formula is C25H27N5O2S. The maximum Gasteiger partial charge on any atom is 0.233 e. The molecule has 3 aromatic heterocycles. The molecule has 33 heavy (non-hydrogen) atoms. The van der Waals surface area contributed by atoms with Gasteiger partial charge in [-0.3, -0.25) is 14.3 Å². The Balaban J connectivity index is 1.71. The van der Waals surface area contributed by atoms with Gasteiger partial charge in [-0.25, -0.2) is 0 Å². The van der Waals surface area contributed by atoms with Crippen molar-refractivity contribution >= 4 is 17.7 Å². The number of carbonyl (C=O) groups excluding carboxylic acids is 1. The third-order valence-electron chi connectivity index (χ3n) is 5.41. The van der Waals surface area contributed by atoms with Gasteiger partial charge in [0, 0.05) is 18.0 Å². The highest BCUT2D eigenvalue weighted by Crippen LogP contribution is 2.33. The number of hydrogen-bond acceptors (Lipinski definition) is 6. The zero-order valence-corrected chi connectivity index (χ0v) is 19.8. The molecule has 0 aliphatic heterocycles. The van der Waals surface area contributed by atoms with Gasteiger partial charge < -0.3 is 9.73 Å². The van der Waals surface area contributed by atoms with Crippen LogP contribution in [0.4, 0.5) is 0 Å². The molecule has 1 N–H and O–H groups in total. The second-order valence-corrected chi connectivity index (χ2v) is 8.88. The van der Waals surface area contributed by atoms with Crippen molar-refractivity contribution in [3.05, 3.63) is 78.0 Å². The van der Waals surface area contributed by atoms with Crippen LogP contribution in [0.1, 0.15) is 37.7 Å². The lowest BCUT2D eigenvalue weighted by Gasteiger charge is -2.19. The molecule has 0 aliphatic carbocycles. The Morgan fingerprint density at radius 2 is 1.88 bits per heavy atom. The van der Waals surface area contributed by atoms with Crippen LogP contribution in [0, 0.1) is 0 Å². The number of carbonyl (C=O) groups is 1. The smallest absolute Gasteiger partial charge is 0.233 e. The highest BCUT2D eigenvalue weighted by Gasteiger charge is 2.24. The van der Waals surface area contributed by atoms with Crippen molar-refractivity contribution in [1.29, 1.82) is 0 Å². The molecule has 1 amide bonds. The van der Waals surface area contributed by atoms with Crippen LogP contribution in [0.3, 0.4) is 0 Å². The lowest BCUT2D eigenvalue weighted by molar-refractivity contribution is -0.120. The predicted octanol–water partition coefficient (Wildman–Crippen LogP) is 4.84. The van der Waals surface area contributed by atoms with E-state index in [-0.39, 0.29) is 11.2 Å². The minimum Gasteiger partial charge on any atom is -0.467 e. The highest BCUT2D eigenvalue weighted by atomic mass is 32.2. The zero-order valence-electron chi connectivity index (χ0n) is 19.0. The first-order chi connectivity index (χ1) is 16.1. The Morgan fingerprint density at radius 3 is 2.52 bits per heavy atom. The van der Waals surface area contributed by atoms with Crippen LogP contribution in [0.5, 0.6) is 0 Å². The lowest BCUT2D eigenvalue weighted by atomic mass is 10.0. The summed E-state index contributed by atoms with van der Waals surface area (Å²) < 4.78 is 7.39. The number of thioether (sulfide) groups is 1. The number of nitrogens with one attached hydrogen (secondary N) is 1. The first-order valence-electron chi connectivity index (χ1n) is 11.1. The van der Waals surface area contributed by atoms with E-state index in [0.717, 1.165) is 24.1 Å². The fourth-order valence-corrected chi connectivity index (χ4v) is 4.55. The van der Waals surface area contributed by atoms with E-state index in [0.29, 0.717) is 23.3 Å². The van der Waals surface area contributed by atoms with Gasteiger partial charge in [0.2, 0.25) is 5.91 Å². The monoisotopic (exact) mass is 461 g/mol. The van der Waals surface area contributed by atoms with Crippen LogP contribution in [0.15, 0.2) is 70.7 Å². The van der Waals surface area contributed by atoms with Gasteiger partial charge in [0.1, 0.15) is 5.76 Å². The topological polar surface area (TPSA) is 85.8 Å². The summed E-state index contributed by atoms with van der Waals surface area (Å²) in [5.41, 5.74) is 4.36. The normalized spacial score (nSPS) is 12.0. The summed E-state index contributed by atoms with van der Waals surface area (Å²) in [7, 11) is 0. The number of nitrogens with zero attached hydrogens (tertiary/aromatic N) is 4. The van der Waals surface area contributed by atoms with E-state index in [4.69, 9.17) is 4.42 Å². The van der Waals surface area contributed by atoms with Crippen molar-refractivity contribution in [2.45, 2.75) is 50.6 Å². The van der Waals surface area contributed by atoms with E-state index >= 15 is 0 Å². The van der Waals surface area contributed by atoms with E-state index in [9.17, 15) is 4.79 Å². The molecular weight excluding hydrogens is 434 g/mol. The molecule has 3 heterocycles. The van der Waals surface area contributed by atoms with Gasteiger partial charge in [0.25, 0.3) is 0 Å². The molecule has 4 rings (SSSR count). The largest absolute Gasteiger partial charge is 0.467 e. The van der Waals surface area contributed by atoms with Gasteiger partial charge in [0.05, 0.1) is 23.7 Å². The van der Waals surface area contributed by atoms with E-state index in [1.165, 1.54) is 22.9 Å². The summed E-state index contributed by atoms with van der Waals surface area (Å²) in [4.78, 5) is 17.0. The minimum absolute atomic E-state index is 0.0895. The van der Waals surface area contributed by atoms with Gasteiger partial charge in [-0.15, -0.1) is 10.2 Å². The van der Waals surface area contributed by atoms with E-state index in [2.05, 4.69) is 57.1 Å². The maximum absolute atomic E-state index is 12.8. The van der Waals surface area contributed by atoms with Crippen LogP contribution in [-0.4, -0.2) is 30.9 Å². The van der Waals surface area contributed by atoms with Gasteiger partial charge >= 0.3 is 0 Å². The third-order valence-corrected chi connectivity index (χ3v) is 6.45. The molecule has 0 spiro atoms. The molecule has 1 unspecified atom stereocenters. The molecule has 4 aromatic rings. The second kappa shape index (κ2) is 10.5. The molecule has 0 aliphatic rings. The van der Waals surface area contributed by atoms with Crippen LogP contribution in [0.2, 0.25) is 0 Å². The van der Waals surface area contributed by atoms with Crippen molar-refractivity contribution in [3.8, 4) is 17.1 Å². The number of aryl methyl sites for hydroxylation is 2. The number of furan rings is 1. The van der Waals surface area contributed by atoms with Gasteiger partial charge in [-0.05, 0) is 55.2 Å². The Kier molecular flexibility index (Phi) is 7.24. The molecule has 1 aromatic carbocycles. The fraction of sp³-hybridized carbons (Fsp3) is 0.280. The van der Waals surface area contributed by atoms with E-state index < -0.39 is 0 Å². The highest BCUT2D eigenvalue weighted by molar-refractivity contribution is 8.00. The summed E-state index contributed by atoms with van der Waals surface area (Å²) in [6.07, 6.45) is 6.87. The van der Waals surface area contributed by atoms with Crippen LogP contribution < -0.4 is 5.32 Å². The summed E-state index contributed by atoms with van der Waals surface area (Å²) >= 11 is 1.39. The molecule has 0 saturated carbocycles. The number of benzene rings is 1. The van der Waals surface area contributed by atoms with Crippen molar-refractivity contribution in [2.24, 2.45) is 0 Å². The summed E-state index contributed by atoms with van der Waals surface area (Å²) in [5.74, 6) is 1.34. The van der Waals surface area contributed by atoms with E-state index in [1.54, 1.807) is 24.7 Å². The van der Waals surface area contributed by atoms with E-state index in [1.807, 2.05) is 25.1 Å². The standard InChI is InChI=1S/C25H27N5O2S/c1-4-18-9-6-10-19(5-2)22(18)30-23(20-11-7-13-26-15-20)28-29-25(30)33-17(3)24(31)27-16-21-12-8-14-32-21/h6-15,17H,4-5,16H2,1-3H3,(H,27,31). The van der Waals surface area contributed by atoms with Crippen LogP contribution >= 0.6 is 11.8 Å². The number of pyridine rings is 1. The number of hydrogen-bond donors (Lipinski definition) is 1. The summed E-state index contributed by atoms with van der Waals surface area (Å²) in [6.45, 7) is 6.51. The first kappa shape index (κ1) is 22.8. The zero-order chi connectivity index (χ0) is 23.2. The first-order valence-corrected chi connectivity index (χ1v) is 11.9. The van der Waals surface area contributed by atoms with Gasteiger partial charge in [-0.2, -0.15) is 0 Å². The average molecular weight is 462 g/mol. The molecule has 7 nitrogen and oxygen atoms in total. The Hall–Kier alpha value is -3.39. The SMILES string of the molecule is CCc1cccc(CC)c1-n1c(SC(C)C(=O)NCc2ccco2)nnc1-c1cccnc1. The molecule has 0 radical (unpaired) electrons.